The minimum atomic E-state index is -0.174. The summed E-state index contributed by atoms with van der Waals surface area (Å²) in [5.74, 6) is 0.0297. The van der Waals surface area contributed by atoms with Gasteiger partial charge in [-0.3, -0.25) is 4.79 Å². The number of carbonyl (C=O) groups is 1. The number of methoxy groups -OCH3 is 1. The number of aryl methyl sites for hydroxylation is 1. The van der Waals surface area contributed by atoms with Crippen LogP contribution in [-0.2, 0) is 11.8 Å². The highest BCUT2D eigenvalue weighted by Crippen LogP contribution is 2.13. The van der Waals surface area contributed by atoms with Gasteiger partial charge < -0.3 is 10.1 Å². The van der Waals surface area contributed by atoms with E-state index in [0.717, 1.165) is 6.54 Å². The molecule has 0 aromatic carbocycles. The number of rotatable bonds is 3. The van der Waals surface area contributed by atoms with Crippen LogP contribution in [-0.4, -0.2) is 46.6 Å². The summed E-state index contributed by atoms with van der Waals surface area (Å²) in [6.45, 7) is 0.720. The van der Waals surface area contributed by atoms with Crippen molar-refractivity contribution in [3.05, 3.63) is 11.9 Å². The van der Waals surface area contributed by atoms with Gasteiger partial charge in [0.2, 0.25) is 0 Å². The Balaban J connectivity index is 2.07. The molecule has 1 fully saturated rings. The zero-order chi connectivity index (χ0) is 10.8. The van der Waals surface area contributed by atoms with E-state index in [-0.39, 0.29) is 17.9 Å². The minimum Gasteiger partial charge on any atom is -0.380 e. The van der Waals surface area contributed by atoms with Gasteiger partial charge in [0.25, 0.3) is 0 Å². The highest BCUT2D eigenvalue weighted by Gasteiger charge is 2.31. The molecule has 0 amide bonds. The lowest BCUT2D eigenvalue weighted by molar-refractivity contribution is 0.0910. The molecule has 15 heavy (non-hydrogen) atoms. The summed E-state index contributed by atoms with van der Waals surface area (Å²) in [7, 11) is 3.37. The highest BCUT2D eigenvalue weighted by molar-refractivity contribution is 5.98. The Morgan fingerprint density at radius 1 is 1.73 bits per heavy atom. The molecule has 1 aromatic rings. The van der Waals surface area contributed by atoms with E-state index < -0.39 is 0 Å². The fourth-order valence-corrected chi connectivity index (χ4v) is 1.77. The molecule has 0 aliphatic carbocycles. The maximum atomic E-state index is 12.0. The number of ketones is 1. The van der Waals surface area contributed by atoms with Crippen LogP contribution in [0.2, 0.25) is 0 Å². The molecule has 2 unspecified atom stereocenters. The van der Waals surface area contributed by atoms with Crippen LogP contribution in [0.4, 0.5) is 0 Å². The number of Topliss-reactive ketones (excluding diaryl/α,β-unsaturated/α-hetero) is 1. The summed E-state index contributed by atoms with van der Waals surface area (Å²) in [5, 5.41) is 10.6. The Bertz CT molecular complexity index is 363. The number of nitrogens with zero attached hydrogens (tertiary/aromatic N) is 3. The van der Waals surface area contributed by atoms with Crippen LogP contribution in [0.5, 0.6) is 0 Å². The van der Waals surface area contributed by atoms with Crippen molar-refractivity contribution in [2.24, 2.45) is 7.05 Å². The van der Waals surface area contributed by atoms with Crippen LogP contribution >= 0.6 is 0 Å². The van der Waals surface area contributed by atoms with Gasteiger partial charge >= 0.3 is 0 Å². The van der Waals surface area contributed by atoms with Gasteiger partial charge in [0, 0.05) is 20.7 Å². The van der Waals surface area contributed by atoms with E-state index in [9.17, 15) is 4.79 Å². The second-order valence-corrected chi connectivity index (χ2v) is 3.66. The van der Waals surface area contributed by atoms with Gasteiger partial charge in [0.1, 0.15) is 5.69 Å². The SMILES string of the molecule is COC1CNC(C(=O)c2cnnn2C)C1. The molecule has 82 valence electrons. The molecule has 1 aromatic heterocycles. The lowest BCUT2D eigenvalue weighted by Gasteiger charge is -2.08. The predicted octanol–water partition coefficient (Wildman–Crippen LogP) is -0.625. The van der Waals surface area contributed by atoms with Gasteiger partial charge in [-0.2, -0.15) is 0 Å². The average molecular weight is 210 g/mol. The molecule has 1 aliphatic heterocycles. The minimum absolute atomic E-state index is 0.0297. The second-order valence-electron chi connectivity index (χ2n) is 3.66. The topological polar surface area (TPSA) is 69.0 Å². The van der Waals surface area contributed by atoms with E-state index >= 15 is 0 Å². The van der Waals surface area contributed by atoms with Crippen molar-refractivity contribution in [1.82, 2.24) is 20.3 Å². The fourth-order valence-electron chi connectivity index (χ4n) is 1.77. The van der Waals surface area contributed by atoms with Gasteiger partial charge in [-0.05, 0) is 6.42 Å². The third-order valence-corrected chi connectivity index (χ3v) is 2.71. The molecule has 0 bridgehead atoms. The quantitative estimate of drug-likeness (QED) is 0.673. The van der Waals surface area contributed by atoms with Crippen LogP contribution in [0.1, 0.15) is 16.9 Å². The first kappa shape index (κ1) is 10.3. The van der Waals surface area contributed by atoms with Crippen LogP contribution in [0.3, 0.4) is 0 Å². The lowest BCUT2D eigenvalue weighted by Crippen LogP contribution is -2.32. The first-order chi connectivity index (χ1) is 7.22. The van der Waals surface area contributed by atoms with E-state index in [1.807, 2.05) is 0 Å². The molecule has 1 aliphatic rings. The summed E-state index contributed by atoms with van der Waals surface area (Å²) >= 11 is 0. The number of hydrogen-bond donors (Lipinski definition) is 1. The third-order valence-electron chi connectivity index (χ3n) is 2.71. The summed E-state index contributed by atoms with van der Waals surface area (Å²) < 4.78 is 6.68. The van der Waals surface area contributed by atoms with Crippen LogP contribution in [0, 0.1) is 0 Å². The van der Waals surface area contributed by atoms with E-state index in [1.54, 1.807) is 14.2 Å². The van der Waals surface area contributed by atoms with Crippen LogP contribution in [0.15, 0.2) is 6.20 Å². The number of ether oxygens (including phenoxy) is 1. The van der Waals surface area contributed by atoms with Crippen LogP contribution in [0.25, 0.3) is 0 Å². The monoisotopic (exact) mass is 210 g/mol. The molecular formula is C9H14N4O2. The second kappa shape index (κ2) is 4.08. The lowest BCUT2D eigenvalue weighted by atomic mass is 10.1. The van der Waals surface area contributed by atoms with Crippen molar-refractivity contribution in [2.45, 2.75) is 18.6 Å². The molecule has 0 spiro atoms. The van der Waals surface area contributed by atoms with E-state index in [2.05, 4.69) is 15.6 Å². The molecule has 6 nitrogen and oxygen atoms in total. The van der Waals surface area contributed by atoms with Crippen molar-refractivity contribution in [2.75, 3.05) is 13.7 Å². The third kappa shape index (κ3) is 1.91. The molecule has 2 rings (SSSR count). The molecule has 1 N–H and O–H groups in total. The van der Waals surface area contributed by atoms with Crippen LogP contribution < -0.4 is 5.32 Å². The number of carbonyl (C=O) groups excluding carboxylic acids is 1. The molecule has 0 radical (unpaired) electrons. The average Bonchev–Trinajstić information content (AvgIpc) is 2.84. The van der Waals surface area contributed by atoms with E-state index in [1.165, 1.54) is 10.9 Å². The summed E-state index contributed by atoms with van der Waals surface area (Å²) in [4.78, 5) is 12.0. The maximum absolute atomic E-state index is 12.0. The molecule has 2 heterocycles. The van der Waals surface area contributed by atoms with Gasteiger partial charge in [-0.15, -0.1) is 5.10 Å². The number of hydrogen-bond acceptors (Lipinski definition) is 5. The molecule has 2 atom stereocenters. The Labute approximate surface area is 87.6 Å². The molecule has 0 saturated carbocycles. The highest BCUT2D eigenvalue weighted by atomic mass is 16.5. The molecular weight excluding hydrogens is 196 g/mol. The van der Waals surface area contributed by atoms with Crippen molar-refractivity contribution in [3.63, 3.8) is 0 Å². The summed E-state index contributed by atoms with van der Waals surface area (Å²) in [6, 6.07) is -0.174. The Morgan fingerprint density at radius 2 is 2.53 bits per heavy atom. The predicted molar refractivity (Wildman–Crippen MR) is 52.5 cm³/mol. The fraction of sp³-hybridized carbons (Fsp3) is 0.667. The largest absolute Gasteiger partial charge is 0.380 e. The van der Waals surface area contributed by atoms with Crippen molar-refractivity contribution < 1.29 is 9.53 Å². The Morgan fingerprint density at radius 3 is 3.07 bits per heavy atom. The van der Waals surface area contributed by atoms with Gasteiger partial charge in [-0.25, -0.2) is 4.68 Å². The van der Waals surface area contributed by atoms with E-state index in [4.69, 9.17) is 4.74 Å². The molecule has 1 saturated heterocycles. The normalized spacial score (nSPS) is 25.7. The van der Waals surface area contributed by atoms with Gasteiger partial charge in [-0.1, -0.05) is 5.21 Å². The maximum Gasteiger partial charge on any atom is 0.199 e. The zero-order valence-electron chi connectivity index (χ0n) is 8.80. The Kier molecular flexibility index (Phi) is 2.79. The summed E-state index contributed by atoms with van der Waals surface area (Å²) in [5.41, 5.74) is 0.532. The number of nitrogens with one attached hydrogen (secondary N) is 1. The first-order valence-electron chi connectivity index (χ1n) is 4.87. The van der Waals surface area contributed by atoms with Crippen molar-refractivity contribution in [1.29, 1.82) is 0 Å². The van der Waals surface area contributed by atoms with E-state index in [0.29, 0.717) is 12.1 Å². The molecule has 6 heteroatoms. The van der Waals surface area contributed by atoms with Crippen molar-refractivity contribution in [3.8, 4) is 0 Å². The van der Waals surface area contributed by atoms with Crippen molar-refractivity contribution >= 4 is 5.78 Å². The number of aromatic nitrogens is 3. The standard InChI is InChI=1S/C9H14N4O2/c1-13-8(5-11-12-13)9(14)7-3-6(15-2)4-10-7/h5-7,10H,3-4H2,1-2H3. The van der Waals surface area contributed by atoms with Gasteiger partial charge in [0.15, 0.2) is 5.78 Å². The zero-order valence-corrected chi connectivity index (χ0v) is 8.80. The van der Waals surface area contributed by atoms with Gasteiger partial charge in [0.05, 0.1) is 18.3 Å². The smallest absolute Gasteiger partial charge is 0.199 e. The first-order valence-corrected chi connectivity index (χ1v) is 4.87. The Hall–Kier alpha value is -1.27. The summed E-state index contributed by atoms with van der Waals surface area (Å²) in [6.07, 6.45) is 2.32.